The second-order valence-electron chi connectivity index (χ2n) is 6.05. The van der Waals surface area contributed by atoms with Gasteiger partial charge >= 0.3 is 0 Å². The van der Waals surface area contributed by atoms with Gasteiger partial charge in [-0.1, -0.05) is 22.0 Å². The van der Waals surface area contributed by atoms with Crippen molar-refractivity contribution < 1.29 is 4.74 Å². The van der Waals surface area contributed by atoms with E-state index in [0.29, 0.717) is 0 Å². The van der Waals surface area contributed by atoms with Crippen molar-refractivity contribution in [1.82, 2.24) is 10.2 Å². The van der Waals surface area contributed by atoms with Gasteiger partial charge in [0.2, 0.25) is 0 Å². The van der Waals surface area contributed by atoms with Crippen LogP contribution in [0, 0.1) is 0 Å². The molecule has 2 atom stereocenters. The van der Waals surface area contributed by atoms with Crippen LogP contribution >= 0.6 is 28.3 Å². The summed E-state index contributed by atoms with van der Waals surface area (Å²) in [5.74, 6) is 0.943. The summed E-state index contributed by atoms with van der Waals surface area (Å²) in [4.78, 5) is 2.48. The van der Waals surface area contributed by atoms with E-state index in [0.717, 1.165) is 41.5 Å². The summed E-state index contributed by atoms with van der Waals surface area (Å²) in [5, 5.41) is 3.70. The fourth-order valence-electron chi connectivity index (χ4n) is 3.43. The Morgan fingerprint density at radius 1 is 1.29 bits per heavy atom. The number of fused-ring (bicyclic) bond motifs is 2. The zero-order valence-corrected chi connectivity index (χ0v) is 14.8. The third kappa shape index (κ3) is 4.59. The molecule has 21 heavy (non-hydrogen) atoms. The maximum Gasteiger partial charge on any atom is 0.120 e. The molecule has 2 unspecified atom stereocenters. The van der Waals surface area contributed by atoms with Crippen LogP contribution in [0.15, 0.2) is 28.7 Å². The molecule has 0 aliphatic carbocycles. The van der Waals surface area contributed by atoms with Gasteiger partial charge in [-0.3, -0.25) is 4.90 Å². The van der Waals surface area contributed by atoms with Crippen LogP contribution in [0.25, 0.3) is 0 Å². The zero-order valence-electron chi connectivity index (χ0n) is 12.4. The minimum absolute atomic E-state index is 0. The van der Waals surface area contributed by atoms with Gasteiger partial charge in [0.05, 0.1) is 0 Å². The number of halogens is 2. The highest BCUT2D eigenvalue weighted by molar-refractivity contribution is 9.10. The van der Waals surface area contributed by atoms with Crippen LogP contribution in [0.5, 0.6) is 5.75 Å². The van der Waals surface area contributed by atoms with Gasteiger partial charge in [0.25, 0.3) is 0 Å². The van der Waals surface area contributed by atoms with E-state index in [4.69, 9.17) is 4.74 Å². The van der Waals surface area contributed by atoms with Crippen molar-refractivity contribution in [2.45, 2.75) is 43.8 Å². The number of benzene rings is 1. The van der Waals surface area contributed by atoms with E-state index in [-0.39, 0.29) is 12.4 Å². The quantitative estimate of drug-likeness (QED) is 0.853. The van der Waals surface area contributed by atoms with E-state index < -0.39 is 0 Å². The van der Waals surface area contributed by atoms with Gasteiger partial charge in [-0.05, 0) is 50.9 Å². The number of piperidine rings is 1. The van der Waals surface area contributed by atoms with Crippen LogP contribution in [0.2, 0.25) is 0 Å². The molecule has 0 spiro atoms. The Morgan fingerprint density at radius 3 is 2.67 bits per heavy atom. The standard InChI is InChI=1S/C16H23BrN2O.ClH/c1-19(15-10-13-5-6-14(11-15)18-13)7-8-20-16-4-2-3-12(17)9-16;/h2-4,9,13-15,18H,5-8,10-11H2,1H3;1H. The van der Waals surface area contributed by atoms with Crippen molar-refractivity contribution in [3.05, 3.63) is 28.7 Å². The number of likely N-dealkylation sites (N-methyl/N-ethyl adjacent to an activating group) is 1. The first-order valence-corrected chi connectivity index (χ1v) is 8.34. The van der Waals surface area contributed by atoms with Gasteiger partial charge in [-0.15, -0.1) is 12.4 Å². The minimum Gasteiger partial charge on any atom is -0.492 e. The molecule has 2 heterocycles. The molecule has 5 heteroatoms. The molecule has 2 fully saturated rings. The molecule has 3 nitrogen and oxygen atoms in total. The van der Waals surface area contributed by atoms with Crippen LogP contribution in [-0.2, 0) is 0 Å². The summed E-state index contributed by atoms with van der Waals surface area (Å²) in [6.45, 7) is 1.75. The summed E-state index contributed by atoms with van der Waals surface area (Å²) in [6, 6.07) is 10.3. The van der Waals surface area contributed by atoms with Crippen LogP contribution in [0.1, 0.15) is 25.7 Å². The monoisotopic (exact) mass is 374 g/mol. The number of nitrogens with zero attached hydrogens (tertiary/aromatic N) is 1. The van der Waals surface area contributed by atoms with Crippen molar-refractivity contribution in [3.8, 4) is 5.75 Å². The first kappa shape index (κ1) is 17.1. The highest BCUT2D eigenvalue weighted by atomic mass is 79.9. The first-order valence-electron chi connectivity index (χ1n) is 7.55. The molecule has 2 aliphatic heterocycles. The lowest BCUT2D eigenvalue weighted by atomic mass is 9.99. The van der Waals surface area contributed by atoms with Crippen molar-refractivity contribution in [2.75, 3.05) is 20.2 Å². The molecule has 0 aromatic heterocycles. The lowest BCUT2D eigenvalue weighted by molar-refractivity contribution is 0.147. The first-order chi connectivity index (χ1) is 9.70. The summed E-state index contributed by atoms with van der Waals surface area (Å²) < 4.78 is 6.90. The molecule has 118 valence electrons. The van der Waals surface area contributed by atoms with Crippen molar-refractivity contribution >= 4 is 28.3 Å². The third-order valence-corrected chi connectivity index (χ3v) is 5.07. The summed E-state index contributed by atoms with van der Waals surface area (Å²) in [7, 11) is 2.24. The Bertz CT molecular complexity index is 448. The highest BCUT2D eigenvalue weighted by Crippen LogP contribution is 2.29. The normalized spacial score (nSPS) is 27.5. The predicted octanol–water partition coefficient (Wildman–Crippen LogP) is 3.46. The van der Waals surface area contributed by atoms with Gasteiger partial charge in [-0.25, -0.2) is 0 Å². The second-order valence-corrected chi connectivity index (χ2v) is 6.97. The summed E-state index contributed by atoms with van der Waals surface area (Å²) >= 11 is 3.47. The van der Waals surface area contributed by atoms with Gasteiger partial charge in [0, 0.05) is 29.1 Å². The SMILES string of the molecule is CN(CCOc1cccc(Br)c1)C1CC2CCC(C1)N2.Cl. The maximum atomic E-state index is 5.83. The van der Waals surface area contributed by atoms with E-state index in [1.54, 1.807) is 0 Å². The van der Waals surface area contributed by atoms with E-state index in [2.05, 4.69) is 33.2 Å². The van der Waals surface area contributed by atoms with Gasteiger partial charge < -0.3 is 10.1 Å². The minimum atomic E-state index is 0. The van der Waals surface area contributed by atoms with E-state index in [9.17, 15) is 0 Å². The Morgan fingerprint density at radius 2 is 2.00 bits per heavy atom. The number of hydrogen-bond acceptors (Lipinski definition) is 3. The topological polar surface area (TPSA) is 24.5 Å². The van der Waals surface area contributed by atoms with Crippen molar-refractivity contribution in [1.29, 1.82) is 0 Å². The molecule has 1 aromatic carbocycles. The van der Waals surface area contributed by atoms with E-state index in [1.165, 1.54) is 25.7 Å². The van der Waals surface area contributed by atoms with Crippen LogP contribution in [0.4, 0.5) is 0 Å². The van der Waals surface area contributed by atoms with E-state index in [1.807, 2.05) is 24.3 Å². The number of rotatable bonds is 5. The smallest absolute Gasteiger partial charge is 0.120 e. The zero-order chi connectivity index (χ0) is 13.9. The van der Waals surface area contributed by atoms with Crippen molar-refractivity contribution in [2.24, 2.45) is 0 Å². The molecule has 2 aliphatic rings. The average Bonchev–Trinajstić information content (AvgIpc) is 2.77. The van der Waals surface area contributed by atoms with E-state index >= 15 is 0 Å². The predicted molar refractivity (Wildman–Crippen MR) is 92.5 cm³/mol. The van der Waals surface area contributed by atoms with Crippen LogP contribution in [0.3, 0.4) is 0 Å². The van der Waals surface area contributed by atoms with Crippen LogP contribution < -0.4 is 10.1 Å². The summed E-state index contributed by atoms with van der Waals surface area (Å²) in [6.07, 6.45) is 5.32. The Labute approximate surface area is 142 Å². The third-order valence-electron chi connectivity index (χ3n) is 4.58. The lowest BCUT2D eigenvalue weighted by Crippen LogP contribution is -2.47. The lowest BCUT2D eigenvalue weighted by Gasteiger charge is -2.35. The van der Waals surface area contributed by atoms with Gasteiger partial charge in [-0.2, -0.15) is 0 Å². The van der Waals surface area contributed by atoms with Crippen molar-refractivity contribution in [3.63, 3.8) is 0 Å². The largest absolute Gasteiger partial charge is 0.492 e. The molecule has 0 amide bonds. The molecule has 2 bridgehead atoms. The molecule has 3 rings (SSSR count). The molecule has 2 saturated heterocycles. The van der Waals surface area contributed by atoms with Gasteiger partial charge in [0.1, 0.15) is 12.4 Å². The summed E-state index contributed by atoms with van der Waals surface area (Å²) in [5.41, 5.74) is 0. The fourth-order valence-corrected chi connectivity index (χ4v) is 3.81. The molecule has 0 saturated carbocycles. The number of hydrogen-bond donors (Lipinski definition) is 1. The number of ether oxygens (including phenoxy) is 1. The highest BCUT2D eigenvalue weighted by Gasteiger charge is 2.34. The van der Waals surface area contributed by atoms with Crippen LogP contribution in [-0.4, -0.2) is 43.2 Å². The molecule has 1 N–H and O–H groups in total. The number of nitrogens with one attached hydrogen (secondary N) is 1. The molecular formula is C16H24BrClN2O. The Kier molecular flexibility index (Phi) is 6.35. The fraction of sp³-hybridized carbons (Fsp3) is 0.625. The Hall–Kier alpha value is -0.290. The molecule has 1 aromatic rings. The second kappa shape index (κ2) is 7.82. The Balaban J connectivity index is 0.00000161. The van der Waals surface area contributed by atoms with Gasteiger partial charge in [0.15, 0.2) is 0 Å². The average molecular weight is 376 g/mol. The molecule has 0 radical (unpaired) electrons. The maximum absolute atomic E-state index is 5.83. The molecular weight excluding hydrogens is 352 g/mol.